The largest absolute Gasteiger partial charge is 0.331 e. The van der Waals surface area contributed by atoms with Crippen molar-refractivity contribution >= 4 is 67.8 Å². The summed E-state index contributed by atoms with van der Waals surface area (Å²) in [6, 6.07) is 43.0. The Morgan fingerprint density at radius 1 is 0.352 bits per heavy atom. The minimum Gasteiger partial charge on any atom is -0.331 e. The third-order valence-corrected chi connectivity index (χ3v) is 21.3. The molecule has 8 aromatic carbocycles. The summed E-state index contributed by atoms with van der Waals surface area (Å²) >= 11 is 0. The average Bonchev–Trinajstić information content (AvgIpc) is 1.65. The summed E-state index contributed by atoms with van der Waals surface area (Å²) in [5.41, 5.74) is 12.7. The van der Waals surface area contributed by atoms with Crippen molar-refractivity contribution in [3.05, 3.63) is 273 Å². The van der Waals surface area contributed by atoms with Gasteiger partial charge in [-0.1, -0.05) is 132 Å². The van der Waals surface area contributed by atoms with Gasteiger partial charge < -0.3 is 59.1 Å². The molecule has 0 atom stereocenters. The van der Waals surface area contributed by atoms with Crippen molar-refractivity contribution < 1.29 is 45.5 Å². The van der Waals surface area contributed by atoms with E-state index < -0.39 is 46.7 Å². The van der Waals surface area contributed by atoms with Crippen molar-refractivity contribution in [2.24, 2.45) is 11.8 Å². The van der Waals surface area contributed by atoms with Crippen LogP contribution in [0.5, 0.6) is 0 Å². The van der Waals surface area contributed by atoms with Gasteiger partial charge in [-0.05, 0) is 233 Å². The number of aromatic nitrogens is 8. The van der Waals surface area contributed by atoms with Crippen molar-refractivity contribution in [1.82, 2.24) is 79.1 Å². The second kappa shape index (κ2) is 51.0. The lowest BCUT2D eigenvalue weighted by molar-refractivity contribution is 0.0706. The van der Waals surface area contributed by atoms with Crippen LogP contribution in [-0.4, -0.2) is 134 Å². The van der Waals surface area contributed by atoms with Crippen molar-refractivity contribution in [3.8, 4) is 0 Å². The van der Waals surface area contributed by atoms with E-state index in [2.05, 4.69) is 181 Å². The number of hydrogen-bond acceptors (Lipinski definition) is 12. The summed E-state index contributed by atoms with van der Waals surface area (Å²) < 4.78 is 92.1. The van der Waals surface area contributed by atoms with E-state index in [1.807, 2.05) is 33.8 Å². The molecular formula is C102H132F6N16O4. The second-order valence-corrected chi connectivity index (χ2v) is 33.3. The lowest BCUT2D eigenvalue weighted by atomic mass is 10.1. The number of imidazole rings is 4. The summed E-state index contributed by atoms with van der Waals surface area (Å²) in [6.45, 7) is 43.9. The number of fused-ring (bicyclic) bond motifs is 4. The zero-order valence-electron chi connectivity index (χ0n) is 77.2. The quantitative estimate of drug-likeness (QED) is 0.0160. The van der Waals surface area contributed by atoms with Crippen LogP contribution in [0.1, 0.15) is 235 Å². The van der Waals surface area contributed by atoms with Gasteiger partial charge >= 0.3 is 0 Å². The molecule has 0 bridgehead atoms. The molecule has 20 nitrogen and oxygen atoms in total. The Kier molecular flexibility index (Phi) is 40.0. The van der Waals surface area contributed by atoms with Gasteiger partial charge in [0.15, 0.2) is 0 Å². The van der Waals surface area contributed by atoms with E-state index in [1.54, 1.807) is 43.9 Å². The predicted molar refractivity (Wildman–Crippen MR) is 503 cm³/mol. The maximum atomic E-state index is 14.4. The zero-order valence-corrected chi connectivity index (χ0v) is 77.2. The Hall–Kier alpha value is -11.3. The zero-order chi connectivity index (χ0) is 92.3. The van der Waals surface area contributed by atoms with Crippen molar-refractivity contribution in [2.75, 3.05) is 52.4 Å². The maximum Gasteiger partial charge on any atom is 0.257 e. The minimum atomic E-state index is -0.721. The van der Waals surface area contributed by atoms with E-state index in [4.69, 9.17) is 19.9 Å². The van der Waals surface area contributed by atoms with Gasteiger partial charge in [-0.2, -0.15) is 0 Å². The molecule has 0 unspecified atom stereocenters. The normalized spacial score (nSPS) is 11.3. The van der Waals surface area contributed by atoms with Crippen LogP contribution in [0.4, 0.5) is 26.3 Å². The molecule has 0 fully saturated rings. The molecule has 4 heterocycles. The molecule has 0 aliphatic rings. The number of halogens is 6. The van der Waals surface area contributed by atoms with Crippen LogP contribution in [0.25, 0.3) is 44.1 Å². The van der Waals surface area contributed by atoms with E-state index in [0.717, 1.165) is 250 Å². The molecule has 4 aromatic heterocycles. The van der Waals surface area contributed by atoms with Crippen LogP contribution in [0.2, 0.25) is 0 Å². The minimum absolute atomic E-state index is 0.158. The van der Waals surface area contributed by atoms with Crippen LogP contribution < -0.4 is 21.3 Å². The lowest BCUT2D eigenvalue weighted by Crippen LogP contribution is -2.35. The van der Waals surface area contributed by atoms with Crippen molar-refractivity contribution in [1.29, 1.82) is 0 Å². The molecule has 4 amide bonds. The summed E-state index contributed by atoms with van der Waals surface area (Å²) in [5.74, 6) is -1.25. The molecular weight excluding hydrogens is 1630 g/mol. The van der Waals surface area contributed by atoms with Crippen molar-refractivity contribution in [2.45, 2.75) is 226 Å². The summed E-state index contributed by atoms with van der Waals surface area (Å²) in [5, 5.41) is 13.6. The lowest BCUT2D eigenvalue weighted by Gasteiger charge is -2.25. The highest BCUT2D eigenvalue weighted by atomic mass is 19.1. The standard InChI is InChI=1S/C26H34F2N4O.C26H33FN4O.C25H32F2N4O.C25H33FN4O/c1-5-11-29-15-19-7-10-24-23(13-19)30-25(32(24)12-6-2)17-31(16-18(3)4)26(33)21-14-20(27)8-9-22(21)28;1-5-12-28-16-20-10-11-24-23(14-20)29-25(31(24)13-6-2)18-30(17-19(3)4)26(32)21-8-7-9-22(27)15-21;1-4-11-28-16-18-7-10-23-22(14-18)29-24(31(23)13-6-3)17-30(12-5-2)25(32)20-15-19(26)8-9-21(20)27;1-4-12-27-17-19-10-11-23-22(15-19)28-24(30(23)14-6-3)18-29(13-5-2)25(31)20-8-7-9-21(26)16-20/h7-10,13-14,18,29H,5-6,11-12,15-17H2,1-4H3;5,7-11,14-15,19,28H,1,6,12-13,16-18H2,2-4H3;7-10,14-15,28H,4-6,11-13,16-17H2,1-3H3;7-11,15-16,27H,4-6,12-14,17-18H2,1-3H3. The van der Waals surface area contributed by atoms with Gasteiger partial charge in [-0.15, -0.1) is 6.58 Å². The molecule has 12 rings (SSSR count). The van der Waals surface area contributed by atoms with Gasteiger partial charge in [0, 0.05) is 96.2 Å². The number of nitrogens with one attached hydrogen (secondary N) is 4. The average molecular weight is 1760 g/mol. The summed E-state index contributed by atoms with van der Waals surface area (Å²) in [4.78, 5) is 78.8. The number of nitrogens with zero attached hydrogens (tertiary/aromatic N) is 12. The molecule has 128 heavy (non-hydrogen) atoms. The molecule has 26 heteroatoms. The Morgan fingerprint density at radius 3 is 0.953 bits per heavy atom. The first-order valence-corrected chi connectivity index (χ1v) is 45.8. The van der Waals surface area contributed by atoms with Crippen molar-refractivity contribution in [3.63, 3.8) is 0 Å². The fourth-order valence-electron chi connectivity index (χ4n) is 15.6. The smallest absolute Gasteiger partial charge is 0.257 e. The van der Waals surface area contributed by atoms with Crippen LogP contribution in [-0.2, 0) is 78.5 Å². The molecule has 0 saturated heterocycles. The Labute approximate surface area is 752 Å². The van der Waals surface area contributed by atoms with Gasteiger partial charge in [-0.25, -0.2) is 46.3 Å². The molecule has 0 spiro atoms. The molecule has 686 valence electrons. The molecule has 0 aliphatic carbocycles. The summed E-state index contributed by atoms with van der Waals surface area (Å²) in [7, 11) is 0. The number of carbonyl (C=O) groups is 4. The molecule has 12 aromatic rings. The first kappa shape index (κ1) is 100. The number of carbonyl (C=O) groups excluding carboxylic acids is 4. The van der Waals surface area contributed by atoms with E-state index in [1.165, 1.54) is 29.8 Å². The Balaban J connectivity index is 0.000000193. The highest BCUT2D eigenvalue weighted by Crippen LogP contribution is 2.29. The topological polar surface area (TPSA) is 201 Å². The number of aryl methyl sites for hydroxylation is 4. The van der Waals surface area contributed by atoms with Crippen LogP contribution in [0.3, 0.4) is 0 Å². The van der Waals surface area contributed by atoms with Crippen LogP contribution in [0.15, 0.2) is 170 Å². The SMILES string of the molecule is C=CCNCc1ccc2c(c1)nc(CN(CC(C)C)C(=O)c1cccc(F)c1)n2CCC.CCCNCc1ccc2c(c1)nc(CN(CC(C)C)C(=O)c1cc(F)ccc1F)n2CCC.CCCNCc1ccc2c(c1)nc(CN(CCC)C(=O)c1cc(F)ccc1F)n2CCC.CCCNCc1ccc2c(c1)nc(CN(CCC)C(=O)c1cccc(F)c1)n2CCC. The number of hydrogen-bond donors (Lipinski definition) is 4. The van der Waals surface area contributed by atoms with E-state index in [9.17, 15) is 45.5 Å². The molecule has 0 saturated carbocycles. The predicted octanol–water partition coefficient (Wildman–Crippen LogP) is 21.1. The number of amides is 4. The second-order valence-electron chi connectivity index (χ2n) is 33.3. The van der Waals surface area contributed by atoms with E-state index >= 15 is 0 Å². The highest BCUT2D eigenvalue weighted by molar-refractivity contribution is 5.96. The third kappa shape index (κ3) is 28.3. The molecule has 0 aliphatic heterocycles. The summed E-state index contributed by atoms with van der Waals surface area (Å²) in [6.07, 6.45) is 10.4. The number of benzene rings is 8. The highest BCUT2D eigenvalue weighted by Gasteiger charge is 2.28. The first-order chi connectivity index (χ1) is 61.8. The monoisotopic (exact) mass is 1760 g/mol. The van der Waals surface area contributed by atoms with Gasteiger partial charge in [0.2, 0.25) is 0 Å². The first-order valence-electron chi connectivity index (χ1n) is 45.8. The van der Waals surface area contributed by atoms with Crippen LogP contribution in [0, 0.1) is 46.7 Å². The Morgan fingerprint density at radius 2 is 0.648 bits per heavy atom. The van der Waals surface area contributed by atoms with Gasteiger partial charge in [0.05, 0.1) is 81.4 Å². The van der Waals surface area contributed by atoms with E-state index in [-0.39, 0.29) is 47.9 Å². The fraction of sp³-hybridized carbons (Fsp3) is 0.431. The van der Waals surface area contributed by atoms with E-state index in [0.29, 0.717) is 56.8 Å². The fourth-order valence-corrected chi connectivity index (χ4v) is 15.6. The molecule has 0 radical (unpaired) electrons. The van der Waals surface area contributed by atoms with Gasteiger partial charge in [-0.3, -0.25) is 19.2 Å². The maximum absolute atomic E-state index is 14.4. The molecule has 4 N–H and O–H groups in total. The van der Waals surface area contributed by atoms with Gasteiger partial charge in [0.25, 0.3) is 23.6 Å². The van der Waals surface area contributed by atoms with Crippen LogP contribution >= 0.6 is 0 Å². The van der Waals surface area contributed by atoms with Gasteiger partial charge in [0.1, 0.15) is 58.2 Å². The third-order valence-electron chi connectivity index (χ3n) is 21.3. The number of rotatable bonds is 44. The Bertz CT molecular complexity index is 5600.